The first-order valence-corrected chi connectivity index (χ1v) is 10.3. The lowest BCUT2D eigenvalue weighted by molar-refractivity contribution is 0.0694. The van der Waals surface area contributed by atoms with E-state index in [4.69, 9.17) is 11.6 Å². The first-order valence-electron chi connectivity index (χ1n) is 9.91. The first-order chi connectivity index (χ1) is 14.3. The fraction of sp³-hybridized carbons (Fsp3) is 0.292. The standard InChI is InChI=1S/C24H26ClFN2O2/c1-15(18-8-5-4-6-9-18)12-27-13-19-16(2)28(17(3)23(19)24(29)30)14-20-21(25)10-7-11-22(20)26/h4-11,15,27H,12-14H2,1-3H3,(H,29,30). The van der Waals surface area contributed by atoms with Crippen molar-refractivity contribution in [1.29, 1.82) is 0 Å². The van der Waals surface area contributed by atoms with Crippen molar-refractivity contribution in [3.8, 4) is 0 Å². The Bertz CT molecular complexity index is 1030. The normalized spacial score (nSPS) is 12.2. The number of nitrogens with zero attached hydrogens (tertiary/aromatic N) is 1. The third-order valence-electron chi connectivity index (χ3n) is 5.62. The third kappa shape index (κ3) is 4.58. The Morgan fingerprint density at radius 1 is 1.10 bits per heavy atom. The van der Waals surface area contributed by atoms with Crippen molar-refractivity contribution < 1.29 is 14.3 Å². The summed E-state index contributed by atoms with van der Waals surface area (Å²) < 4.78 is 16.1. The molecule has 1 heterocycles. The zero-order valence-electron chi connectivity index (χ0n) is 17.4. The maximum atomic E-state index is 14.3. The maximum absolute atomic E-state index is 14.3. The van der Waals surface area contributed by atoms with E-state index in [1.54, 1.807) is 19.1 Å². The van der Waals surface area contributed by atoms with E-state index in [1.165, 1.54) is 11.6 Å². The summed E-state index contributed by atoms with van der Waals surface area (Å²) in [6, 6.07) is 14.7. The number of carbonyl (C=O) groups is 1. The minimum absolute atomic E-state index is 0.184. The predicted molar refractivity (Wildman–Crippen MR) is 118 cm³/mol. The molecule has 0 aliphatic carbocycles. The molecular weight excluding hydrogens is 403 g/mol. The average Bonchev–Trinajstić information content (AvgIpc) is 2.95. The molecule has 3 rings (SSSR count). The summed E-state index contributed by atoms with van der Waals surface area (Å²) in [6.45, 7) is 7.07. The van der Waals surface area contributed by atoms with E-state index in [0.29, 0.717) is 40.9 Å². The molecule has 0 amide bonds. The Labute approximate surface area is 181 Å². The van der Waals surface area contributed by atoms with E-state index in [1.807, 2.05) is 29.7 Å². The zero-order chi connectivity index (χ0) is 21.8. The Hall–Kier alpha value is -2.63. The van der Waals surface area contributed by atoms with Gasteiger partial charge in [-0.25, -0.2) is 9.18 Å². The lowest BCUT2D eigenvalue weighted by Crippen LogP contribution is -2.21. The number of benzene rings is 2. The summed E-state index contributed by atoms with van der Waals surface area (Å²) in [7, 11) is 0. The van der Waals surface area contributed by atoms with Crippen LogP contribution in [0.25, 0.3) is 0 Å². The molecule has 158 valence electrons. The van der Waals surface area contributed by atoms with Crippen molar-refractivity contribution >= 4 is 17.6 Å². The number of aromatic nitrogens is 1. The zero-order valence-corrected chi connectivity index (χ0v) is 18.1. The molecule has 0 bridgehead atoms. The summed E-state index contributed by atoms with van der Waals surface area (Å²) in [6.07, 6.45) is 0. The minimum atomic E-state index is -0.984. The van der Waals surface area contributed by atoms with E-state index in [2.05, 4.69) is 24.4 Å². The van der Waals surface area contributed by atoms with Gasteiger partial charge in [0, 0.05) is 40.6 Å². The van der Waals surface area contributed by atoms with Crippen LogP contribution in [0.1, 0.15) is 51.3 Å². The van der Waals surface area contributed by atoms with Crippen LogP contribution in [0.5, 0.6) is 0 Å². The molecule has 0 fully saturated rings. The maximum Gasteiger partial charge on any atom is 0.337 e. The van der Waals surface area contributed by atoms with Gasteiger partial charge in [-0.3, -0.25) is 0 Å². The number of carboxylic acid groups (broad SMARTS) is 1. The van der Waals surface area contributed by atoms with Crippen LogP contribution in [-0.2, 0) is 13.1 Å². The Kier molecular flexibility index (Phi) is 6.95. The molecule has 0 saturated heterocycles. The fourth-order valence-electron chi connectivity index (χ4n) is 3.84. The van der Waals surface area contributed by atoms with Crippen LogP contribution in [0.2, 0.25) is 5.02 Å². The molecule has 0 aliphatic rings. The highest BCUT2D eigenvalue weighted by atomic mass is 35.5. The van der Waals surface area contributed by atoms with E-state index in [9.17, 15) is 14.3 Å². The number of carboxylic acids is 1. The molecule has 1 atom stereocenters. The van der Waals surface area contributed by atoms with Crippen molar-refractivity contribution in [1.82, 2.24) is 9.88 Å². The van der Waals surface area contributed by atoms with Crippen LogP contribution in [0.4, 0.5) is 4.39 Å². The molecule has 30 heavy (non-hydrogen) atoms. The second-order valence-electron chi connectivity index (χ2n) is 7.56. The van der Waals surface area contributed by atoms with Gasteiger partial charge < -0.3 is 15.0 Å². The van der Waals surface area contributed by atoms with Crippen molar-refractivity contribution in [2.24, 2.45) is 0 Å². The number of rotatable bonds is 8. The molecule has 0 spiro atoms. The van der Waals surface area contributed by atoms with Crippen LogP contribution in [-0.4, -0.2) is 22.2 Å². The fourth-order valence-corrected chi connectivity index (χ4v) is 4.06. The Morgan fingerprint density at radius 3 is 2.43 bits per heavy atom. The lowest BCUT2D eigenvalue weighted by atomic mass is 10.0. The highest BCUT2D eigenvalue weighted by molar-refractivity contribution is 6.31. The molecule has 3 aromatic rings. The summed E-state index contributed by atoms with van der Waals surface area (Å²) >= 11 is 6.19. The molecular formula is C24H26ClFN2O2. The lowest BCUT2D eigenvalue weighted by Gasteiger charge is -2.14. The monoisotopic (exact) mass is 428 g/mol. The highest BCUT2D eigenvalue weighted by Gasteiger charge is 2.23. The van der Waals surface area contributed by atoms with Gasteiger partial charge in [0.15, 0.2) is 0 Å². The number of nitrogens with one attached hydrogen (secondary N) is 1. The Morgan fingerprint density at radius 2 is 1.80 bits per heavy atom. The predicted octanol–water partition coefficient (Wildman–Crippen LogP) is 5.54. The minimum Gasteiger partial charge on any atom is -0.478 e. The summed E-state index contributed by atoms with van der Waals surface area (Å²) in [5.41, 5.74) is 3.95. The van der Waals surface area contributed by atoms with Gasteiger partial charge in [-0.1, -0.05) is 54.9 Å². The largest absolute Gasteiger partial charge is 0.478 e. The average molecular weight is 429 g/mol. The van der Waals surface area contributed by atoms with Gasteiger partial charge >= 0.3 is 5.97 Å². The highest BCUT2D eigenvalue weighted by Crippen LogP contribution is 2.27. The molecule has 2 N–H and O–H groups in total. The quantitative estimate of drug-likeness (QED) is 0.495. The van der Waals surface area contributed by atoms with E-state index in [0.717, 1.165) is 5.69 Å². The van der Waals surface area contributed by atoms with Crippen LogP contribution < -0.4 is 5.32 Å². The summed E-state index contributed by atoms with van der Waals surface area (Å²) in [4.78, 5) is 12.0. The van der Waals surface area contributed by atoms with Gasteiger partial charge in [0.05, 0.1) is 12.1 Å². The molecule has 0 aliphatic heterocycles. The molecule has 6 heteroatoms. The first kappa shape index (κ1) is 22.1. The summed E-state index contributed by atoms with van der Waals surface area (Å²) in [5.74, 6) is -1.09. The third-order valence-corrected chi connectivity index (χ3v) is 5.98. The second-order valence-corrected chi connectivity index (χ2v) is 7.97. The van der Waals surface area contributed by atoms with Gasteiger partial charge in [0.1, 0.15) is 5.82 Å². The van der Waals surface area contributed by atoms with Crippen LogP contribution in [0.15, 0.2) is 48.5 Å². The van der Waals surface area contributed by atoms with Crippen molar-refractivity contribution in [2.75, 3.05) is 6.54 Å². The van der Waals surface area contributed by atoms with Gasteiger partial charge in [-0.05, 0) is 37.5 Å². The van der Waals surface area contributed by atoms with Crippen LogP contribution in [0, 0.1) is 19.7 Å². The number of hydrogen-bond acceptors (Lipinski definition) is 2. The van der Waals surface area contributed by atoms with Gasteiger partial charge in [0.2, 0.25) is 0 Å². The molecule has 2 aromatic carbocycles. The van der Waals surface area contributed by atoms with Crippen LogP contribution in [0.3, 0.4) is 0 Å². The molecule has 4 nitrogen and oxygen atoms in total. The van der Waals surface area contributed by atoms with E-state index in [-0.39, 0.29) is 12.1 Å². The van der Waals surface area contributed by atoms with Gasteiger partial charge in [-0.2, -0.15) is 0 Å². The Balaban J connectivity index is 1.84. The second kappa shape index (κ2) is 9.45. The van der Waals surface area contributed by atoms with E-state index < -0.39 is 11.8 Å². The summed E-state index contributed by atoms with van der Waals surface area (Å²) in [5, 5.41) is 13.5. The van der Waals surface area contributed by atoms with Crippen LogP contribution >= 0.6 is 11.6 Å². The number of hydrogen-bond donors (Lipinski definition) is 2. The van der Waals surface area contributed by atoms with E-state index >= 15 is 0 Å². The van der Waals surface area contributed by atoms with Gasteiger partial charge in [-0.15, -0.1) is 0 Å². The van der Waals surface area contributed by atoms with Crippen molar-refractivity contribution in [2.45, 2.75) is 39.8 Å². The number of halogens is 2. The topological polar surface area (TPSA) is 54.3 Å². The van der Waals surface area contributed by atoms with Crippen molar-refractivity contribution in [3.63, 3.8) is 0 Å². The number of aromatic carboxylic acids is 1. The van der Waals surface area contributed by atoms with Crippen molar-refractivity contribution in [3.05, 3.63) is 93.0 Å². The molecule has 0 saturated carbocycles. The molecule has 1 aromatic heterocycles. The van der Waals surface area contributed by atoms with Gasteiger partial charge in [0.25, 0.3) is 0 Å². The molecule has 1 unspecified atom stereocenters. The molecule has 0 radical (unpaired) electrons. The smallest absolute Gasteiger partial charge is 0.337 e. The SMILES string of the molecule is Cc1c(CNCC(C)c2ccccc2)c(C(=O)O)c(C)n1Cc1c(F)cccc1Cl.